The fourth-order valence-corrected chi connectivity index (χ4v) is 0.993. The summed E-state index contributed by atoms with van der Waals surface area (Å²) in [5.41, 5.74) is 1.27. The number of ether oxygens (including phenoxy) is 1. The van der Waals surface area contributed by atoms with Crippen molar-refractivity contribution in [1.82, 2.24) is 0 Å². The summed E-state index contributed by atoms with van der Waals surface area (Å²) < 4.78 is 4.95. The van der Waals surface area contributed by atoms with Crippen LogP contribution < -0.4 is 18.9 Å². The Hall–Kier alpha value is -0.223. The minimum atomic E-state index is 0. The molecule has 0 N–H and O–H groups in total. The molecule has 0 heterocycles. The average Bonchev–Trinajstić information content (AvgIpc) is 2.07. The summed E-state index contributed by atoms with van der Waals surface area (Å²) in [4.78, 5) is 0. The van der Waals surface area contributed by atoms with Crippen molar-refractivity contribution in [3.05, 3.63) is 35.9 Å². The fourth-order valence-electron chi connectivity index (χ4n) is 0.993. The van der Waals surface area contributed by atoms with E-state index < -0.39 is 0 Å². The Kier molecular flexibility index (Phi) is 7.29. The van der Waals surface area contributed by atoms with Crippen molar-refractivity contribution in [1.29, 1.82) is 0 Å². The van der Waals surface area contributed by atoms with E-state index in [1.165, 1.54) is 5.56 Å². The van der Waals surface area contributed by atoms with E-state index in [2.05, 4.69) is 12.1 Å². The van der Waals surface area contributed by atoms with Crippen molar-refractivity contribution in [2.75, 3.05) is 13.7 Å². The van der Waals surface area contributed by atoms with Crippen LogP contribution in [0.3, 0.4) is 0 Å². The molecule has 0 saturated carbocycles. The SMILES string of the molecule is COCCCc1[c-]cccc1.[Li+]. The zero-order valence-electron chi connectivity index (χ0n) is 7.84. The molecule has 0 fully saturated rings. The summed E-state index contributed by atoms with van der Waals surface area (Å²) in [6, 6.07) is 11.2. The van der Waals surface area contributed by atoms with Crippen molar-refractivity contribution in [2.45, 2.75) is 12.8 Å². The van der Waals surface area contributed by atoms with Crippen LogP contribution in [0.2, 0.25) is 0 Å². The first kappa shape index (κ1) is 11.8. The molecular weight excluding hydrogens is 143 g/mol. The molecule has 0 atom stereocenters. The summed E-state index contributed by atoms with van der Waals surface area (Å²) in [5, 5.41) is 0. The Labute approximate surface area is 86.3 Å². The Balaban J connectivity index is 0.00000121. The Morgan fingerprint density at radius 1 is 1.42 bits per heavy atom. The number of methoxy groups -OCH3 is 1. The van der Waals surface area contributed by atoms with Crippen LogP contribution in [-0.4, -0.2) is 13.7 Å². The molecule has 1 nitrogen and oxygen atoms in total. The molecule has 0 aliphatic carbocycles. The summed E-state index contributed by atoms with van der Waals surface area (Å²) in [5.74, 6) is 0. The maximum Gasteiger partial charge on any atom is 1.00 e. The van der Waals surface area contributed by atoms with Crippen molar-refractivity contribution in [3.63, 3.8) is 0 Å². The molecule has 0 radical (unpaired) electrons. The summed E-state index contributed by atoms with van der Waals surface area (Å²) in [7, 11) is 1.73. The van der Waals surface area contributed by atoms with Gasteiger partial charge in [0.15, 0.2) is 0 Å². The van der Waals surface area contributed by atoms with Gasteiger partial charge in [-0.2, -0.15) is 35.9 Å². The molecule has 0 aliphatic rings. The van der Waals surface area contributed by atoms with Gasteiger partial charge in [0.05, 0.1) is 0 Å². The van der Waals surface area contributed by atoms with Crippen LogP contribution in [0.5, 0.6) is 0 Å². The number of hydrogen-bond donors (Lipinski definition) is 0. The van der Waals surface area contributed by atoms with Crippen LogP contribution in [0, 0.1) is 6.07 Å². The van der Waals surface area contributed by atoms with E-state index in [4.69, 9.17) is 4.74 Å². The zero-order valence-corrected chi connectivity index (χ0v) is 7.84. The van der Waals surface area contributed by atoms with Crippen LogP contribution in [0.25, 0.3) is 0 Å². The second-order valence-corrected chi connectivity index (χ2v) is 2.48. The van der Waals surface area contributed by atoms with Gasteiger partial charge in [-0.15, -0.1) is 0 Å². The molecule has 0 spiro atoms. The van der Waals surface area contributed by atoms with Gasteiger partial charge in [0.1, 0.15) is 0 Å². The maximum absolute atomic E-state index is 4.95. The van der Waals surface area contributed by atoms with Gasteiger partial charge in [0, 0.05) is 13.7 Å². The topological polar surface area (TPSA) is 9.23 Å². The van der Waals surface area contributed by atoms with Gasteiger partial charge in [-0.1, -0.05) is 0 Å². The van der Waals surface area contributed by atoms with E-state index in [0.717, 1.165) is 19.4 Å². The van der Waals surface area contributed by atoms with Crippen LogP contribution in [0.4, 0.5) is 0 Å². The van der Waals surface area contributed by atoms with Gasteiger partial charge in [-0.3, -0.25) is 0 Å². The third-order valence-corrected chi connectivity index (χ3v) is 1.57. The molecule has 2 heteroatoms. The second-order valence-electron chi connectivity index (χ2n) is 2.48. The van der Waals surface area contributed by atoms with E-state index in [9.17, 15) is 0 Å². The Bertz CT molecular complexity index is 186. The molecule has 0 amide bonds. The van der Waals surface area contributed by atoms with Gasteiger partial charge in [0.2, 0.25) is 0 Å². The minimum Gasteiger partial charge on any atom is -0.385 e. The predicted octanol–water partition coefficient (Wildman–Crippen LogP) is -0.930. The van der Waals surface area contributed by atoms with E-state index in [-0.39, 0.29) is 18.9 Å². The first-order valence-corrected chi connectivity index (χ1v) is 3.88. The molecule has 60 valence electrons. The Morgan fingerprint density at radius 2 is 2.25 bits per heavy atom. The van der Waals surface area contributed by atoms with Gasteiger partial charge < -0.3 is 4.74 Å². The van der Waals surface area contributed by atoms with Crippen molar-refractivity contribution in [2.24, 2.45) is 0 Å². The molecule has 0 aromatic heterocycles. The zero-order chi connectivity index (χ0) is 7.94. The molecule has 1 rings (SSSR count). The molecule has 1 aromatic carbocycles. The first-order valence-electron chi connectivity index (χ1n) is 3.88. The monoisotopic (exact) mass is 156 g/mol. The van der Waals surface area contributed by atoms with Gasteiger partial charge in [0.25, 0.3) is 0 Å². The maximum atomic E-state index is 4.95. The average molecular weight is 156 g/mol. The van der Waals surface area contributed by atoms with E-state index in [1.54, 1.807) is 7.11 Å². The van der Waals surface area contributed by atoms with Crippen molar-refractivity contribution >= 4 is 0 Å². The molecular formula is C10H13LiO. The van der Waals surface area contributed by atoms with E-state index in [0.29, 0.717) is 0 Å². The standard InChI is InChI=1S/C10H13O.Li/c1-11-9-5-8-10-6-3-2-4-7-10;/h2-4,6H,5,8-9H2,1H3;/q-1;+1. The van der Waals surface area contributed by atoms with Gasteiger partial charge in [-0.05, 0) is 12.8 Å². The molecule has 0 unspecified atom stereocenters. The minimum absolute atomic E-state index is 0. The van der Waals surface area contributed by atoms with Crippen LogP contribution in [0.15, 0.2) is 24.3 Å². The molecule has 0 aliphatic heterocycles. The third kappa shape index (κ3) is 4.61. The number of hydrogen-bond acceptors (Lipinski definition) is 1. The smallest absolute Gasteiger partial charge is 0.385 e. The quantitative estimate of drug-likeness (QED) is 0.311. The van der Waals surface area contributed by atoms with Crippen molar-refractivity contribution < 1.29 is 23.6 Å². The fraction of sp³-hybridized carbons (Fsp3) is 0.400. The number of aryl methyl sites for hydroxylation is 1. The normalized spacial score (nSPS) is 9.08. The van der Waals surface area contributed by atoms with Gasteiger partial charge >= 0.3 is 18.9 Å². The van der Waals surface area contributed by atoms with Crippen LogP contribution in [-0.2, 0) is 11.2 Å². The largest absolute Gasteiger partial charge is 1.00 e. The van der Waals surface area contributed by atoms with Crippen molar-refractivity contribution in [3.8, 4) is 0 Å². The third-order valence-electron chi connectivity index (χ3n) is 1.57. The van der Waals surface area contributed by atoms with Crippen LogP contribution in [0.1, 0.15) is 12.0 Å². The second kappa shape index (κ2) is 7.43. The Morgan fingerprint density at radius 3 is 2.83 bits per heavy atom. The van der Waals surface area contributed by atoms with Gasteiger partial charge in [-0.25, -0.2) is 0 Å². The summed E-state index contributed by atoms with van der Waals surface area (Å²) >= 11 is 0. The first-order chi connectivity index (χ1) is 5.43. The van der Waals surface area contributed by atoms with Crippen LogP contribution >= 0.6 is 0 Å². The molecule has 0 bridgehead atoms. The predicted molar refractivity (Wildman–Crippen MR) is 45.5 cm³/mol. The molecule has 12 heavy (non-hydrogen) atoms. The van der Waals surface area contributed by atoms with E-state index >= 15 is 0 Å². The number of benzene rings is 1. The molecule has 0 saturated heterocycles. The summed E-state index contributed by atoms with van der Waals surface area (Å²) in [6.07, 6.45) is 2.14. The van der Waals surface area contributed by atoms with E-state index in [1.807, 2.05) is 18.2 Å². The number of rotatable bonds is 4. The summed E-state index contributed by atoms with van der Waals surface area (Å²) in [6.45, 7) is 0.836. The molecule has 1 aromatic rings.